The molecule has 4 aliphatic rings. The summed E-state index contributed by atoms with van der Waals surface area (Å²) in [7, 11) is 0. The van der Waals surface area contributed by atoms with Gasteiger partial charge in [0.25, 0.3) is 0 Å². The molecule has 0 amide bonds. The molecule has 0 aromatic rings. The third-order valence-corrected chi connectivity index (χ3v) is 8.92. The lowest BCUT2D eigenvalue weighted by Gasteiger charge is -2.40. The van der Waals surface area contributed by atoms with E-state index in [1.807, 2.05) is 0 Å². The van der Waals surface area contributed by atoms with E-state index < -0.39 is 12.0 Å². The fourth-order valence-corrected chi connectivity index (χ4v) is 7.13. The monoisotopic (exact) mass is 396 g/mol. The number of rotatable bonds is 5. The molecule has 4 rings (SSSR count). The van der Waals surface area contributed by atoms with Gasteiger partial charge in [-0.15, -0.1) is 0 Å². The summed E-state index contributed by atoms with van der Waals surface area (Å²) in [5, 5.41) is 0. The molecule has 0 aromatic carbocycles. The molecule has 0 unspecified atom stereocenters. The minimum atomic E-state index is -2.90. The number of hydrogen-bond acceptors (Lipinski definition) is 1. The van der Waals surface area contributed by atoms with E-state index in [1.54, 1.807) is 0 Å². The first-order chi connectivity index (χ1) is 13.6. The van der Waals surface area contributed by atoms with Crippen molar-refractivity contribution in [2.75, 3.05) is 0 Å². The molecule has 0 atom stereocenters. The lowest BCUT2D eigenvalue weighted by molar-refractivity contribution is -0.302. The number of alkyl halides is 2. The molecule has 4 saturated carbocycles. The standard InChI is InChI=1S/C25H42F2O/c26-25(27,23-15-11-21(12-16-23)19-7-3-1-4-8-19)28-24-17-13-22(14-18-24)20-9-5-2-6-10-20/h19-24H,1-18H2. The topological polar surface area (TPSA) is 9.23 Å². The molecular formula is C25H42F2O. The quantitative estimate of drug-likeness (QED) is 0.456. The summed E-state index contributed by atoms with van der Waals surface area (Å²) in [6.07, 6.45) is 17.8. The summed E-state index contributed by atoms with van der Waals surface area (Å²) in [6, 6.07) is 0. The Morgan fingerprint density at radius 1 is 0.464 bits per heavy atom. The van der Waals surface area contributed by atoms with Gasteiger partial charge in [-0.25, -0.2) is 0 Å². The highest BCUT2D eigenvalue weighted by atomic mass is 19.3. The van der Waals surface area contributed by atoms with Crippen molar-refractivity contribution in [1.29, 1.82) is 0 Å². The summed E-state index contributed by atoms with van der Waals surface area (Å²) >= 11 is 0. The molecule has 1 nitrogen and oxygen atoms in total. The van der Waals surface area contributed by atoms with Crippen LogP contribution in [0.5, 0.6) is 0 Å². The van der Waals surface area contributed by atoms with Crippen molar-refractivity contribution in [3.8, 4) is 0 Å². The Bertz CT molecular complexity index is 451. The highest BCUT2D eigenvalue weighted by Gasteiger charge is 2.45. The Hall–Kier alpha value is -0.180. The van der Waals surface area contributed by atoms with Gasteiger partial charge in [0.15, 0.2) is 0 Å². The summed E-state index contributed by atoms with van der Waals surface area (Å²) in [4.78, 5) is 0. The Morgan fingerprint density at radius 2 is 0.857 bits per heavy atom. The second-order valence-electron chi connectivity index (χ2n) is 10.6. The molecule has 0 bridgehead atoms. The average Bonchev–Trinajstić information content (AvgIpc) is 2.75. The zero-order valence-electron chi connectivity index (χ0n) is 17.9. The fraction of sp³-hybridized carbons (Fsp3) is 1.00. The zero-order valence-corrected chi connectivity index (χ0v) is 17.9. The van der Waals surface area contributed by atoms with Crippen molar-refractivity contribution in [2.24, 2.45) is 29.6 Å². The minimum Gasteiger partial charge on any atom is -0.317 e. The molecule has 3 heteroatoms. The Balaban J connectivity index is 1.20. The normalized spacial score (nSPS) is 37.1. The van der Waals surface area contributed by atoms with Crippen molar-refractivity contribution in [1.82, 2.24) is 0 Å². The molecule has 162 valence electrons. The number of hydrogen-bond donors (Lipinski definition) is 0. The van der Waals surface area contributed by atoms with E-state index in [0.29, 0.717) is 18.8 Å². The van der Waals surface area contributed by atoms with Gasteiger partial charge in [-0.1, -0.05) is 64.2 Å². The van der Waals surface area contributed by atoms with Gasteiger partial charge in [0.05, 0.1) is 12.0 Å². The van der Waals surface area contributed by atoms with Gasteiger partial charge < -0.3 is 4.74 Å². The number of ether oxygens (including phenoxy) is 1. The molecular weight excluding hydrogens is 354 g/mol. The van der Waals surface area contributed by atoms with E-state index in [2.05, 4.69) is 0 Å². The van der Waals surface area contributed by atoms with Crippen molar-refractivity contribution in [3.63, 3.8) is 0 Å². The van der Waals surface area contributed by atoms with E-state index in [4.69, 9.17) is 4.74 Å². The van der Waals surface area contributed by atoms with Crippen LogP contribution in [-0.4, -0.2) is 12.2 Å². The van der Waals surface area contributed by atoms with Gasteiger partial charge in [-0.2, -0.15) is 8.78 Å². The first-order valence-electron chi connectivity index (χ1n) is 12.7. The molecule has 0 aliphatic heterocycles. The van der Waals surface area contributed by atoms with E-state index in [-0.39, 0.29) is 6.10 Å². The van der Waals surface area contributed by atoms with E-state index in [1.165, 1.54) is 64.2 Å². The van der Waals surface area contributed by atoms with Crippen molar-refractivity contribution >= 4 is 0 Å². The van der Waals surface area contributed by atoms with E-state index in [0.717, 1.165) is 56.3 Å². The molecule has 4 fully saturated rings. The maximum absolute atomic E-state index is 14.9. The van der Waals surface area contributed by atoms with E-state index in [9.17, 15) is 8.78 Å². The van der Waals surface area contributed by atoms with Crippen LogP contribution in [0.1, 0.15) is 116 Å². The van der Waals surface area contributed by atoms with Crippen molar-refractivity contribution < 1.29 is 13.5 Å². The lowest BCUT2D eigenvalue weighted by Crippen LogP contribution is -2.40. The molecule has 0 heterocycles. The van der Waals surface area contributed by atoms with Crippen LogP contribution in [0.25, 0.3) is 0 Å². The highest BCUT2D eigenvalue weighted by Crippen LogP contribution is 2.46. The summed E-state index contributed by atoms with van der Waals surface area (Å²) in [6.45, 7) is 0. The molecule has 0 radical (unpaired) electrons. The van der Waals surface area contributed by atoms with Crippen LogP contribution in [0.2, 0.25) is 0 Å². The summed E-state index contributed by atoms with van der Waals surface area (Å²) in [5.41, 5.74) is 0. The maximum atomic E-state index is 14.9. The smallest absolute Gasteiger partial charge is 0.317 e. The third kappa shape index (κ3) is 5.29. The highest BCUT2D eigenvalue weighted by molar-refractivity contribution is 4.85. The van der Waals surface area contributed by atoms with Gasteiger partial charge in [0, 0.05) is 0 Å². The predicted octanol–water partition coefficient (Wildman–Crippen LogP) is 8.12. The van der Waals surface area contributed by atoms with Crippen LogP contribution in [-0.2, 0) is 4.74 Å². The maximum Gasteiger partial charge on any atom is 0.358 e. The Kier molecular flexibility index (Phi) is 7.34. The first kappa shape index (κ1) is 21.1. The van der Waals surface area contributed by atoms with Crippen LogP contribution in [0, 0.1) is 29.6 Å². The molecule has 0 aromatic heterocycles. The summed E-state index contributed by atoms with van der Waals surface area (Å²) in [5.74, 6) is 2.63. The van der Waals surface area contributed by atoms with Crippen molar-refractivity contribution in [3.05, 3.63) is 0 Å². The average molecular weight is 397 g/mol. The van der Waals surface area contributed by atoms with Gasteiger partial charge in [0.2, 0.25) is 0 Å². The van der Waals surface area contributed by atoms with Crippen LogP contribution in [0.4, 0.5) is 8.78 Å². The summed E-state index contributed by atoms with van der Waals surface area (Å²) < 4.78 is 35.3. The second kappa shape index (κ2) is 9.75. The van der Waals surface area contributed by atoms with Gasteiger partial charge in [-0.3, -0.25) is 0 Å². The molecule has 0 N–H and O–H groups in total. The Morgan fingerprint density at radius 3 is 1.32 bits per heavy atom. The van der Waals surface area contributed by atoms with Gasteiger partial charge in [0.1, 0.15) is 0 Å². The van der Waals surface area contributed by atoms with Crippen LogP contribution >= 0.6 is 0 Å². The zero-order chi connectivity index (χ0) is 19.4. The fourth-order valence-electron chi connectivity index (χ4n) is 7.13. The van der Waals surface area contributed by atoms with Crippen LogP contribution < -0.4 is 0 Å². The Labute approximate surface area is 171 Å². The largest absolute Gasteiger partial charge is 0.358 e. The first-order valence-corrected chi connectivity index (χ1v) is 12.7. The molecule has 0 saturated heterocycles. The lowest BCUT2D eigenvalue weighted by atomic mass is 9.70. The van der Waals surface area contributed by atoms with Crippen molar-refractivity contribution in [2.45, 2.75) is 128 Å². The molecule has 4 aliphatic carbocycles. The predicted molar refractivity (Wildman–Crippen MR) is 110 cm³/mol. The molecule has 0 spiro atoms. The number of halogens is 2. The third-order valence-electron chi connectivity index (χ3n) is 8.92. The SMILES string of the molecule is FC(F)(OC1CCC(C2CCCCC2)CC1)C1CCC(C2CCCCC2)CC1. The van der Waals surface area contributed by atoms with E-state index >= 15 is 0 Å². The van der Waals surface area contributed by atoms with Crippen LogP contribution in [0.15, 0.2) is 0 Å². The second-order valence-corrected chi connectivity index (χ2v) is 10.6. The van der Waals surface area contributed by atoms with Crippen LogP contribution in [0.3, 0.4) is 0 Å². The van der Waals surface area contributed by atoms with Gasteiger partial charge >= 0.3 is 6.11 Å². The minimum absolute atomic E-state index is 0.203. The molecule has 28 heavy (non-hydrogen) atoms. The van der Waals surface area contributed by atoms with Gasteiger partial charge in [-0.05, 0) is 75.0 Å².